The quantitative estimate of drug-likeness (QED) is 0.529. The highest BCUT2D eigenvalue weighted by molar-refractivity contribution is 7.99. The summed E-state index contributed by atoms with van der Waals surface area (Å²) in [4.78, 5) is 20.6. The van der Waals surface area contributed by atoms with Crippen LogP contribution in [-0.2, 0) is 19.1 Å². The Morgan fingerprint density at radius 3 is 1.69 bits per heavy atom. The van der Waals surface area contributed by atoms with Crippen LogP contribution >= 0.6 is 11.8 Å². The molecule has 0 aliphatic heterocycles. The van der Waals surface area contributed by atoms with E-state index in [0.717, 1.165) is 12.6 Å². The molecule has 0 N–H and O–H groups in total. The molecule has 0 fully saturated rings. The minimum Gasteiger partial charge on any atom is -0.373 e. The van der Waals surface area contributed by atoms with Crippen molar-refractivity contribution in [1.82, 2.24) is 0 Å². The lowest BCUT2D eigenvalue weighted by Crippen LogP contribution is -2.19. The molecule has 0 aromatic rings. The Morgan fingerprint density at radius 2 is 1.46 bits per heavy atom. The minimum absolute atomic E-state index is 0.394. The first-order chi connectivity index (χ1) is 6.28. The van der Waals surface area contributed by atoms with Crippen LogP contribution < -0.4 is 0 Å². The summed E-state index contributed by atoms with van der Waals surface area (Å²) in [5, 5.41) is 0. The fourth-order valence-corrected chi connectivity index (χ4v) is 1.66. The summed E-state index contributed by atoms with van der Waals surface area (Å²) >= 11 is 1.46. The summed E-state index contributed by atoms with van der Waals surface area (Å²) in [5.41, 5.74) is 0. The molecule has 0 heterocycles. The van der Waals surface area contributed by atoms with Crippen molar-refractivity contribution >= 4 is 24.3 Å². The van der Waals surface area contributed by atoms with Gasteiger partial charge in [-0.05, 0) is 0 Å². The van der Waals surface area contributed by atoms with Crippen LogP contribution in [0.25, 0.3) is 0 Å². The van der Waals surface area contributed by atoms with E-state index in [0.29, 0.717) is 11.5 Å². The third-order valence-electron chi connectivity index (χ3n) is 1.47. The van der Waals surface area contributed by atoms with Crippen LogP contribution in [-0.4, -0.2) is 50.5 Å². The van der Waals surface area contributed by atoms with Crippen LogP contribution in [0.1, 0.15) is 0 Å². The third-order valence-corrected chi connectivity index (χ3v) is 2.60. The van der Waals surface area contributed by atoms with E-state index in [1.807, 2.05) is 0 Å². The smallest absolute Gasteiger partial charge is 0.149 e. The van der Waals surface area contributed by atoms with E-state index >= 15 is 0 Å². The van der Waals surface area contributed by atoms with Gasteiger partial charge in [0.25, 0.3) is 0 Å². The Balaban J connectivity index is 3.52. The summed E-state index contributed by atoms with van der Waals surface area (Å²) < 4.78 is 9.66. The molecule has 0 aliphatic carbocycles. The lowest BCUT2D eigenvalue weighted by Gasteiger charge is -2.10. The molecule has 13 heavy (non-hydrogen) atoms. The number of ether oxygens (including phenoxy) is 2. The fourth-order valence-electron chi connectivity index (χ4n) is 0.626. The van der Waals surface area contributed by atoms with Crippen LogP contribution in [0.2, 0.25) is 0 Å². The van der Waals surface area contributed by atoms with Crippen LogP contribution in [0.4, 0.5) is 0 Å². The predicted octanol–water partition coefficient (Wildman–Crippen LogP) is 0.147. The fraction of sp³-hybridized carbons (Fsp3) is 0.750. The van der Waals surface area contributed by atoms with E-state index in [9.17, 15) is 9.59 Å². The highest BCUT2D eigenvalue weighted by atomic mass is 32.2. The van der Waals surface area contributed by atoms with Crippen molar-refractivity contribution in [2.75, 3.05) is 25.7 Å². The molecule has 0 saturated carbocycles. The van der Waals surface area contributed by atoms with Crippen LogP contribution in [0.15, 0.2) is 0 Å². The van der Waals surface area contributed by atoms with Gasteiger partial charge in [-0.3, -0.25) is 0 Å². The van der Waals surface area contributed by atoms with E-state index in [-0.39, 0.29) is 0 Å². The topological polar surface area (TPSA) is 52.6 Å². The first-order valence-corrected chi connectivity index (χ1v) is 4.97. The second kappa shape index (κ2) is 8.22. The van der Waals surface area contributed by atoms with Gasteiger partial charge in [-0.1, -0.05) is 0 Å². The molecular weight excluding hydrogens is 192 g/mol. The van der Waals surface area contributed by atoms with Gasteiger partial charge >= 0.3 is 0 Å². The Hall–Kier alpha value is -0.390. The maximum Gasteiger partial charge on any atom is 0.149 e. The van der Waals surface area contributed by atoms with Crippen molar-refractivity contribution in [2.45, 2.75) is 12.2 Å². The van der Waals surface area contributed by atoms with Crippen molar-refractivity contribution in [3.8, 4) is 0 Å². The zero-order valence-electron chi connectivity index (χ0n) is 7.76. The minimum atomic E-state index is -0.394. The molecule has 0 radical (unpaired) electrons. The SMILES string of the molecule is COC(C=O)CSCC(C=O)OC. The van der Waals surface area contributed by atoms with Gasteiger partial charge in [-0.15, -0.1) is 0 Å². The highest BCUT2D eigenvalue weighted by Crippen LogP contribution is 2.06. The van der Waals surface area contributed by atoms with E-state index in [1.165, 1.54) is 26.0 Å². The number of carbonyl (C=O) groups excluding carboxylic acids is 2. The summed E-state index contributed by atoms with van der Waals surface area (Å²) in [6, 6.07) is 0. The number of hydrogen-bond acceptors (Lipinski definition) is 5. The lowest BCUT2D eigenvalue weighted by molar-refractivity contribution is -0.115. The van der Waals surface area contributed by atoms with Crippen molar-refractivity contribution in [3.63, 3.8) is 0 Å². The van der Waals surface area contributed by atoms with Crippen molar-refractivity contribution in [3.05, 3.63) is 0 Å². The normalized spacial score (nSPS) is 14.9. The van der Waals surface area contributed by atoms with Gasteiger partial charge in [-0.25, -0.2) is 0 Å². The first-order valence-electron chi connectivity index (χ1n) is 3.82. The molecule has 0 bridgehead atoms. The highest BCUT2D eigenvalue weighted by Gasteiger charge is 2.09. The summed E-state index contributed by atoms with van der Waals surface area (Å²) in [7, 11) is 2.96. The second-order valence-electron chi connectivity index (χ2n) is 2.36. The number of aldehydes is 2. The Labute approximate surface area is 82.0 Å². The van der Waals surface area contributed by atoms with E-state index < -0.39 is 12.2 Å². The van der Waals surface area contributed by atoms with Gasteiger partial charge in [0, 0.05) is 25.7 Å². The average molecular weight is 206 g/mol. The molecular formula is C8H14O4S. The molecule has 0 aliphatic rings. The molecule has 0 saturated heterocycles. The number of carbonyl (C=O) groups is 2. The Kier molecular flexibility index (Phi) is 7.97. The standard InChI is InChI=1S/C8H14O4S/c1-11-7(3-9)5-13-6-8(4-10)12-2/h3-4,7-8H,5-6H2,1-2H3. The maximum absolute atomic E-state index is 10.3. The molecule has 76 valence electrons. The van der Waals surface area contributed by atoms with E-state index in [1.54, 1.807) is 0 Å². The van der Waals surface area contributed by atoms with Crippen molar-refractivity contribution in [1.29, 1.82) is 0 Å². The van der Waals surface area contributed by atoms with Gasteiger partial charge in [0.05, 0.1) is 0 Å². The molecule has 0 amide bonds. The van der Waals surface area contributed by atoms with Crippen LogP contribution in [0, 0.1) is 0 Å². The Morgan fingerprint density at radius 1 is 1.08 bits per heavy atom. The van der Waals surface area contributed by atoms with Gasteiger partial charge in [0.2, 0.25) is 0 Å². The van der Waals surface area contributed by atoms with E-state index in [4.69, 9.17) is 9.47 Å². The number of thioether (sulfide) groups is 1. The molecule has 0 aromatic carbocycles. The van der Waals surface area contributed by atoms with Crippen molar-refractivity contribution in [2.24, 2.45) is 0 Å². The van der Waals surface area contributed by atoms with Gasteiger partial charge in [-0.2, -0.15) is 11.8 Å². The summed E-state index contributed by atoms with van der Waals surface area (Å²) in [6.07, 6.45) is 0.703. The molecule has 4 nitrogen and oxygen atoms in total. The largest absolute Gasteiger partial charge is 0.373 e. The zero-order valence-corrected chi connectivity index (χ0v) is 8.58. The lowest BCUT2D eigenvalue weighted by atomic mass is 10.4. The van der Waals surface area contributed by atoms with E-state index in [2.05, 4.69) is 0 Å². The molecule has 0 aromatic heterocycles. The Bertz CT molecular complexity index is 135. The van der Waals surface area contributed by atoms with Gasteiger partial charge < -0.3 is 19.1 Å². The second-order valence-corrected chi connectivity index (χ2v) is 3.43. The predicted molar refractivity (Wildman–Crippen MR) is 51.0 cm³/mol. The summed E-state index contributed by atoms with van der Waals surface area (Å²) in [5.74, 6) is 1.10. The van der Waals surface area contributed by atoms with Crippen LogP contribution in [0.3, 0.4) is 0 Å². The monoisotopic (exact) mass is 206 g/mol. The number of rotatable bonds is 8. The zero-order chi connectivity index (χ0) is 10.1. The molecule has 2 atom stereocenters. The van der Waals surface area contributed by atoms with Crippen LogP contribution in [0.5, 0.6) is 0 Å². The average Bonchev–Trinajstić information content (AvgIpc) is 2.19. The third kappa shape index (κ3) is 5.79. The molecule has 2 unspecified atom stereocenters. The molecule has 0 rings (SSSR count). The van der Waals surface area contributed by atoms with Gasteiger partial charge in [0.15, 0.2) is 0 Å². The van der Waals surface area contributed by atoms with Gasteiger partial charge in [0.1, 0.15) is 24.8 Å². The summed E-state index contributed by atoms with van der Waals surface area (Å²) in [6.45, 7) is 0. The number of methoxy groups -OCH3 is 2. The molecule has 0 spiro atoms. The first kappa shape index (κ1) is 12.6. The number of hydrogen-bond donors (Lipinski definition) is 0. The molecule has 5 heteroatoms. The van der Waals surface area contributed by atoms with Crippen molar-refractivity contribution < 1.29 is 19.1 Å². The maximum atomic E-state index is 10.3.